The molecule has 0 aliphatic heterocycles. The fourth-order valence-corrected chi connectivity index (χ4v) is 2.18. The lowest BCUT2D eigenvalue weighted by molar-refractivity contribution is 0.0692. The molecule has 2 rings (SSSR count). The van der Waals surface area contributed by atoms with Crippen LogP contribution in [0.25, 0.3) is 11.1 Å². The molecule has 0 saturated heterocycles. The number of aromatic carboxylic acids is 1. The van der Waals surface area contributed by atoms with Crippen molar-refractivity contribution < 1.29 is 19.4 Å². The van der Waals surface area contributed by atoms with Gasteiger partial charge >= 0.3 is 5.97 Å². The summed E-state index contributed by atoms with van der Waals surface area (Å²) in [5, 5.41) is 9.64. The van der Waals surface area contributed by atoms with Crippen LogP contribution >= 0.6 is 11.6 Å². The molecule has 2 aromatic rings. The zero-order valence-electron chi connectivity index (χ0n) is 11.6. The van der Waals surface area contributed by atoms with Crippen LogP contribution in [-0.2, 0) is 0 Å². The van der Waals surface area contributed by atoms with Crippen LogP contribution in [0, 0.1) is 0 Å². The molecule has 1 aromatic carbocycles. The van der Waals surface area contributed by atoms with Crippen LogP contribution in [-0.4, -0.2) is 29.8 Å². The summed E-state index contributed by atoms with van der Waals surface area (Å²) in [5.41, 5.74) is 1.26. The van der Waals surface area contributed by atoms with Gasteiger partial charge in [0.1, 0.15) is 11.3 Å². The minimum atomic E-state index is -1.11. The second-order valence-electron chi connectivity index (χ2n) is 4.16. The van der Waals surface area contributed by atoms with E-state index in [0.717, 1.165) is 0 Å². The number of ether oxygens (including phenoxy) is 2. The van der Waals surface area contributed by atoms with Crippen molar-refractivity contribution in [1.82, 2.24) is 4.98 Å². The molecular weight excluding hydrogens is 294 g/mol. The third-order valence-electron chi connectivity index (χ3n) is 2.84. The van der Waals surface area contributed by atoms with Crippen molar-refractivity contribution in [2.75, 3.05) is 13.7 Å². The van der Waals surface area contributed by atoms with E-state index in [4.69, 9.17) is 21.1 Å². The molecule has 0 unspecified atom stereocenters. The molecule has 21 heavy (non-hydrogen) atoms. The Hall–Kier alpha value is -2.27. The van der Waals surface area contributed by atoms with Crippen LogP contribution in [0.5, 0.6) is 11.6 Å². The molecule has 6 heteroatoms. The maximum Gasteiger partial charge on any atom is 0.341 e. The van der Waals surface area contributed by atoms with Crippen molar-refractivity contribution in [3.05, 3.63) is 41.0 Å². The van der Waals surface area contributed by atoms with Crippen molar-refractivity contribution in [1.29, 1.82) is 0 Å². The van der Waals surface area contributed by atoms with Crippen molar-refractivity contribution in [3.63, 3.8) is 0 Å². The van der Waals surface area contributed by atoms with E-state index in [2.05, 4.69) is 4.98 Å². The van der Waals surface area contributed by atoms with Gasteiger partial charge < -0.3 is 14.6 Å². The maximum atomic E-state index is 11.2. The Labute approximate surface area is 127 Å². The molecule has 0 saturated carbocycles. The Morgan fingerprint density at radius 1 is 1.38 bits per heavy atom. The first-order valence-electron chi connectivity index (χ1n) is 6.26. The first-order valence-corrected chi connectivity index (χ1v) is 6.64. The molecule has 110 valence electrons. The van der Waals surface area contributed by atoms with E-state index in [1.54, 1.807) is 18.2 Å². The topological polar surface area (TPSA) is 68.7 Å². The van der Waals surface area contributed by atoms with Gasteiger partial charge in [0.2, 0.25) is 5.88 Å². The average molecular weight is 308 g/mol. The lowest BCUT2D eigenvalue weighted by Crippen LogP contribution is -2.03. The standard InChI is InChI=1S/C15H14ClNO4/c1-3-21-10-4-5-11(13(16)7-10)9-6-12(15(18)19)14(20-2)17-8-9/h4-8H,3H2,1-2H3,(H,18,19). The number of hydrogen-bond donors (Lipinski definition) is 1. The molecule has 0 amide bonds. The monoisotopic (exact) mass is 307 g/mol. The van der Waals surface area contributed by atoms with E-state index < -0.39 is 5.97 Å². The molecular formula is C15H14ClNO4. The van der Waals surface area contributed by atoms with Crippen LogP contribution in [0.1, 0.15) is 17.3 Å². The molecule has 0 bridgehead atoms. The first kappa shape index (κ1) is 15.1. The van der Waals surface area contributed by atoms with E-state index in [9.17, 15) is 9.90 Å². The van der Waals surface area contributed by atoms with Crippen LogP contribution in [0.4, 0.5) is 0 Å². The zero-order valence-corrected chi connectivity index (χ0v) is 12.3. The number of methoxy groups -OCH3 is 1. The van der Waals surface area contributed by atoms with Gasteiger partial charge in [0.25, 0.3) is 0 Å². The van der Waals surface area contributed by atoms with Gasteiger partial charge in [-0.3, -0.25) is 0 Å². The summed E-state index contributed by atoms with van der Waals surface area (Å²) >= 11 is 6.22. The number of carboxylic acid groups (broad SMARTS) is 1. The second-order valence-corrected chi connectivity index (χ2v) is 4.57. The van der Waals surface area contributed by atoms with Crippen molar-refractivity contribution in [2.24, 2.45) is 0 Å². The molecule has 0 radical (unpaired) electrons. The van der Waals surface area contributed by atoms with Gasteiger partial charge in [0.05, 0.1) is 18.7 Å². The molecule has 0 spiro atoms. The lowest BCUT2D eigenvalue weighted by atomic mass is 10.1. The number of halogens is 1. The van der Waals surface area contributed by atoms with Gasteiger partial charge in [0, 0.05) is 17.3 Å². The van der Waals surface area contributed by atoms with Gasteiger partial charge in [-0.2, -0.15) is 0 Å². The van der Waals surface area contributed by atoms with E-state index in [0.29, 0.717) is 28.5 Å². The molecule has 1 aromatic heterocycles. The normalized spacial score (nSPS) is 10.2. The Balaban J connectivity index is 2.47. The van der Waals surface area contributed by atoms with Crippen molar-refractivity contribution in [3.8, 4) is 22.8 Å². The largest absolute Gasteiger partial charge is 0.494 e. The predicted octanol–water partition coefficient (Wildman–Crippen LogP) is 3.51. The highest BCUT2D eigenvalue weighted by molar-refractivity contribution is 6.33. The molecule has 0 aliphatic rings. The van der Waals surface area contributed by atoms with Gasteiger partial charge in [-0.05, 0) is 31.2 Å². The van der Waals surface area contributed by atoms with Gasteiger partial charge in [-0.25, -0.2) is 9.78 Å². The van der Waals surface area contributed by atoms with Gasteiger partial charge in [-0.1, -0.05) is 11.6 Å². The SMILES string of the molecule is CCOc1ccc(-c2cnc(OC)c(C(=O)O)c2)c(Cl)c1. The fourth-order valence-electron chi connectivity index (χ4n) is 1.90. The Bertz CT molecular complexity index is 673. The molecule has 1 heterocycles. The quantitative estimate of drug-likeness (QED) is 0.915. The van der Waals surface area contributed by atoms with Crippen molar-refractivity contribution in [2.45, 2.75) is 6.92 Å². The Kier molecular flexibility index (Phi) is 4.65. The third-order valence-corrected chi connectivity index (χ3v) is 3.15. The number of aromatic nitrogens is 1. The molecule has 0 fully saturated rings. The predicted molar refractivity (Wildman–Crippen MR) is 79.4 cm³/mol. The number of hydrogen-bond acceptors (Lipinski definition) is 4. The van der Waals surface area contributed by atoms with Crippen LogP contribution in [0.15, 0.2) is 30.5 Å². The van der Waals surface area contributed by atoms with Gasteiger partial charge in [-0.15, -0.1) is 0 Å². The van der Waals surface area contributed by atoms with Crippen LogP contribution < -0.4 is 9.47 Å². The molecule has 0 aliphatic carbocycles. The lowest BCUT2D eigenvalue weighted by Gasteiger charge is -2.10. The Morgan fingerprint density at radius 3 is 2.71 bits per heavy atom. The summed E-state index contributed by atoms with van der Waals surface area (Å²) in [6.45, 7) is 2.43. The number of benzene rings is 1. The van der Waals surface area contributed by atoms with Crippen molar-refractivity contribution >= 4 is 17.6 Å². The summed E-state index contributed by atoms with van der Waals surface area (Å²) in [7, 11) is 1.37. The smallest absolute Gasteiger partial charge is 0.341 e. The fraction of sp³-hybridized carbons (Fsp3) is 0.200. The summed E-state index contributed by atoms with van der Waals surface area (Å²) in [6.07, 6.45) is 1.52. The average Bonchev–Trinajstić information content (AvgIpc) is 2.47. The highest BCUT2D eigenvalue weighted by atomic mass is 35.5. The summed E-state index contributed by atoms with van der Waals surface area (Å²) in [6, 6.07) is 6.71. The van der Waals surface area contributed by atoms with E-state index in [-0.39, 0.29) is 11.4 Å². The first-order chi connectivity index (χ1) is 10.1. The highest BCUT2D eigenvalue weighted by Crippen LogP contribution is 2.32. The minimum absolute atomic E-state index is 0.0139. The molecule has 0 atom stereocenters. The second kappa shape index (κ2) is 6.45. The third kappa shape index (κ3) is 3.25. The summed E-state index contributed by atoms with van der Waals surface area (Å²) in [4.78, 5) is 15.2. The molecule has 5 nitrogen and oxygen atoms in total. The molecule has 1 N–H and O–H groups in total. The summed E-state index contributed by atoms with van der Waals surface area (Å²) in [5.74, 6) is -0.386. The Morgan fingerprint density at radius 2 is 2.14 bits per heavy atom. The zero-order chi connectivity index (χ0) is 15.4. The van der Waals surface area contributed by atoms with E-state index in [1.807, 2.05) is 6.92 Å². The number of pyridine rings is 1. The van der Waals surface area contributed by atoms with Crippen LogP contribution in [0.2, 0.25) is 5.02 Å². The minimum Gasteiger partial charge on any atom is -0.494 e. The highest BCUT2D eigenvalue weighted by Gasteiger charge is 2.15. The maximum absolute atomic E-state index is 11.2. The van der Waals surface area contributed by atoms with Gasteiger partial charge in [0.15, 0.2) is 0 Å². The number of rotatable bonds is 5. The number of carboxylic acids is 1. The number of carbonyl (C=O) groups is 1. The van der Waals surface area contributed by atoms with E-state index >= 15 is 0 Å². The van der Waals surface area contributed by atoms with E-state index in [1.165, 1.54) is 19.4 Å². The summed E-state index contributed by atoms with van der Waals surface area (Å²) < 4.78 is 10.3. The van der Waals surface area contributed by atoms with Crippen LogP contribution in [0.3, 0.4) is 0 Å². The number of nitrogens with zero attached hydrogens (tertiary/aromatic N) is 1.